The van der Waals surface area contributed by atoms with E-state index >= 15 is 0 Å². The Morgan fingerprint density at radius 3 is 2.22 bits per heavy atom. The number of rotatable bonds is 7. The van der Waals surface area contributed by atoms with E-state index in [9.17, 15) is 9.90 Å². The third kappa shape index (κ3) is 5.38. The molecule has 0 saturated carbocycles. The molecule has 2 aromatic carbocycles. The molecule has 122 valence electrons. The Morgan fingerprint density at radius 1 is 1.09 bits per heavy atom. The summed E-state index contributed by atoms with van der Waals surface area (Å²) in [5.74, 6) is -0.210. The van der Waals surface area contributed by atoms with Gasteiger partial charge in [0.1, 0.15) is 0 Å². The molecule has 0 aliphatic heterocycles. The van der Waals surface area contributed by atoms with E-state index in [-0.39, 0.29) is 5.97 Å². The van der Waals surface area contributed by atoms with E-state index < -0.39 is 6.10 Å². The average molecular weight is 333 g/mol. The van der Waals surface area contributed by atoms with Crippen molar-refractivity contribution in [3.63, 3.8) is 0 Å². The van der Waals surface area contributed by atoms with Crippen molar-refractivity contribution in [2.45, 2.75) is 32.3 Å². The largest absolute Gasteiger partial charge is 0.466 e. The van der Waals surface area contributed by atoms with Gasteiger partial charge in [0, 0.05) is 11.4 Å². The summed E-state index contributed by atoms with van der Waals surface area (Å²) in [6.07, 6.45) is 0.926. The highest BCUT2D eigenvalue weighted by Gasteiger charge is 2.10. The molecule has 0 fully saturated rings. The van der Waals surface area contributed by atoms with Crippen molar-refractivity contribution in [3.8, 4) is 11.1 Å². The number of benzene rings is 2. The van der Waals surface area contributed by atoms with E-state index in [1.165, 1.54) is 0 Å². The predicted octanol–water partition coefficient (Wildman–Crippen LogP) is 4.77. The minimum Gasteiger partial charge on any atom is -0.466 e. The molecule has 0 aliphatic carbocycles. The summed E-state index contributed by atoms with van der Waals surface area (Å²) in [6.45, 7) is 2.18. The van der Waals surface area contributed by atoms with Crippen LogP contribution < -0.4 is 0 Å². The molecule has 0 aliphatic rings. The van der Waals surface area contributed by atoms with Gasteiger partial charge in [-0.05, 0) is 48.6 Å². The van der Waals surface area contributed by atoms with Crippen LogP contribution in [-0.2, 0) is 9.53 Å². The van der Waals surface area contributed by atoms with Crippen LogP contribution in [0.3, 0.4) is 0 Å². The lowest BCUT2D eigenvalue weighted by Gasteiger charge is -2.11. The molecular formula is C19H21ClO3. The van der Waals surface area contributed by atoms with Crippen molar-refractivity contribution < 1.29 is 14.6 Å². The molecule has 0 amide bonds. The fraction of sp³-hybridized carbons (Fsp3) is 0.316. The molecule has 0 heterocycles. The SMILES string of the molecule is CCOC(=O)CCCC(O)c1ccc(-c2ccc(Cl)cc2)cc1. The van der Waals surface area contributed by atoms with Crippen molar-refractivity contribution in [1.82, 2.24) is 0 Å². The minimum absolute atomic E-state index is 0.210. The number of halogens is 1. The molecule has 0 bridgehead atoms. The quantitative estimate of drug-likeness (QED) is 0.742. The maximum Gasteiger partial charge on any atom is 0.305 e. The summed E-state index contributed by atoms with van der Waals surface area (Å²) in [5, 5.41) is 10.9. The van der Waals surface area contributed by atoms with Crippen LogP contribution in [0.1, 0.15) is 37.9 Å². The molecule has 3 nitrogen and oxygen atoms in total. The molecule has 2 rings (SSSR count). The molecule has 4 heteroatoms. The van der Waals surface area contributed by atoms with E-state index in [0.717, 1.165) is 16.7 Å². The molecule has 0 spiro atoms. The first-order chi connectivity index (χ1) is 11.1. The highest BCUT2D eigenvalue weighted by molar-refractivity contribution is 6.30. The number of aliphatic hydroxyl groups is 1. The topological polar surface area (TPSA) is 46.5 Å². The fourth-order valence-corrected chi connectivity index (χ4v) is 2.51. The lowest BCUT2D eigenvalue weighted by molar-refractivity contribution is -0.143. The number of hydrogen-bond acceptors (Lipinski definition) is 3. The first-order valence-corrected chi connectivity index (χ1v) is 8.17. The van der Waals surface area contributed by atoms with Crippen molar-refractivity contribution in [1.29, 1.82) is 0 Å². The Morgan fingerprint density at radius 2 is 1.65 bits per heavy atom. The number of aliphatic hydroxyl groups excluding tert-OH is 1. The third-order valence-electron chi connectivity index (χ3n) is 3.64. The van der Waals surface area contributed by atoms with Crippen LogP contribution in [0.15, 0.2) is 48.5 Å². The van der Waals surface area contributed by atoms with E-state index in [1.807, 2.05) is 48.5 Å². The van der Waals surface area contributed by atoms with Crippen LogP contribution in [0.5, 0.6) is 0 Å². The number of carbonyl (C=O) groups excluding carboxylic acids is 1. The smallest absolute Gasteiger partial charge is 0.305 e. The van der Waals surface area contributed by atoms with Crippen LogP contribution in [0.4, 0.5) is 0 Å². The molecule has 1 atom stereocenters. The van der Waals surface area contributed by atoms with Gasteiger partial charge in [-0.1, -0.05) is 48.0 Å². The lowest BCUT2D eigenvalue weighted by Crippen LogP contribution is -2.05. The van der Waals surface area contributed by atoms with Gasteiger partial charge in [0.15, 0.2) is 0 Å². The van der Waals surface area contributed by atoms with Crippen molar-refractivity contribution in [3.05, 3.63) is 59.1 Å². The Balaban J connectivity index is 1.91. The maximum atomic E-state index is 11.3. The van der Waals surface area contributed by atoms with Crippen molar-refractivity contribution in [2.24, 2.45) is 0 Å². The molecule has 1 unspecified atom stereocenters. The number of carbonyl (C=O) groups is 1. The second-order valence-electron chi connectivity index (χ2n) is 5.34. The summed E-state index contributed by atoms with van der Waals surface area (Å²) < 4.78 is 4.87. The lowest BCUT2D eigenvalue weighted by atomic mass is 9.99. The number of hydrogen-bond donors (Lipinski definition) is 1. The third-order valence-corrected chi connectivity index (χ3v) is 3.89. The van der Waals surface area contributed by atoms with Crippen LogP contribution in [-0.4, -0.2) is 17.7 Å². The Kier molecular flexibility index (Phi) is 6.63. The van der Waals surface area contributed by atoms with E-state index in [2.05, 4.69) is 0 Å². The molecule has 0 saturated heterocycles. The highest BCUT2D eigenvalue weighted by Crippen LogP contribution is 2.25. The summed E-state index contributed by atoms with van der Waals surface area (Å²) >= 11 is 5.89. The first-order valence-electron chi connectivity index (χ1n) is 7.79. The van der Waals surface area contributed by atoms with Gasteiger partial charge in [0.05, 0.1) is 12.7 Å². The fourth-order valence-electron chi connectivity index (χ4n) is 2.38. The Labute approximate surface area is 141 Å². The van der Waals surface area contributed by atoms with Gasteiger partial charge in [0.2, 0.25) is 0 Å². The van der Waals surface area contributed by atoms with Gasteiger partial charge in [-0.3, -0.25) is 4.79 Å². The molecule has 1 N–H and O–H groups in total. The normalized spacial score (nSPS) is 12.0. The van der Waals surface area contributed by atoms with Crippen molar-refractivity contribution in [2.75, 3.05) is 6.61 Å². The van der Waals surface area contributed by atoms with Crippen LogP contribution >= 0.6 is 11.6 Å². The van der Waals surface area contributed by atoms with E-state index in [1.54, 1.807) is 6.92 Å². The maximum absolute atomic E-state index is 11.3. The summed E-state index contributed by atoms with van der Waals surface area (Å²) in [7, 11) is 0. The highest BCUT2D eigenvalue weighted by atomic mass is 35.5. The molecule has 2 aromatic rings. The van der Waals surface area contributed by atoms with E-state index in [4.69, 9.17) is 16.3 Å². The summed E-state index contributed by atoms with van der Waals surface area (Å²) in [4.78, 5) is 11.3. The molecule has 0 aromatic heterocycles. The van der Waals surface area contributed by atoms with E-state index in [0.29, 0.717) is 30.9 Å². The minimum atomic E-state index is -0.566. The van der Waals surface area contributed by atoms with Gasteiger partial charge in [0.25, 0.3) is 0 Å². The van der Waals surface area contributed by atoms with Gasteiger partial charge in [-0.25, -0.2) is 0 Å². The zero-order chi connectivity index (χ0) is 16.7. The van der Waals surface area contributed by atoms with Gasteiger partial charge in [-0.15, -0.1) is 0 Å². The summed E-state index contributed by atoms with van der Waals surface area (Å²) in [6, 6.07) is 15.4. The Bertz CT molecular complexity index is 620. The second-order valence-corrected chi connectivity index (χ2v) is 5.78. The summed E-state index contributed by atoms with van der Waals surface area (Å²) in [5.41, 5.74) is 3.01. The van der Waals surface area contributed by atoms with Gasteiger partial charge >= 0.3 is 5.97 Å². The monoisotopic (exact) mass is 332 g/mol. The first kappa shape index (κ1) is 17.5. The standard InChI is InChI=1S/C19H21ClO3/c1-2-23-19(22)5-3-4-18(21)16-8-6-14(7-9-16)15-10-12-17(20)13-11-15/h6-13,18,21H,2-5H2,1H3. The van der Waals surface area contributed by atoms with Crippen LogP contribution in [0.2, 0.25) is 5.02 Å². The van der Waals surface area contributed by atoms with Crippen LogP contribution in [0, 0.1) is 0 Å². The zero-order valence-electron chi connectivity index (χ0n) is 13.2. The molecular weight excluding hydrogens is 312 g/mol. The second kappa shape index (κ2) is 8.70. The average Bonchev–Trinajstić information content (AvgIpc) is 2.56. The van der Waals surface area contributed by atoms with Crippen LogP contribution in [0.25, 0.3) is 11.1 Å². The number of ether oxygens (including phenoxy) is 1. The number of esters is 1. The van der Waals surface area contributed by atoms with Gasteiger partial charge in [-0.2, -0.15) is 0 Å². The Hall–Kier alpha value is -1.84. The molecule has 23 heavy (non-hydrogen) atoms. The molecule has 0 radical (unpaired) electrons. The predicted molar refractivity (Wildman–Crippen MR) is 92.3 cm³/mol. The van der Waals surface area contributed by atoms with Gasteiger partial charge < -0.3 is 9.84 Å². The zero-order valence-corrected chi connectivity index (χ0v) is 13.9. The van der Waals surface area contributed by atoms with Crippen molar-refractivity contribution >= 4 is 17.6 Å².